The summed E-state index contributed by atoms with van der Waals surface area (Å²) in [5, 5.41) is 9.95. The van der Waals surface area contributed by atoms with Gasteiger partial charge in [-0.3, -0.25) is 0 Å². The normalized spacial score (nSPS) is 12.8. The molecule has 3 aromatic carbocycles. The molecule has 0 bridgehead atoms. The highest BCUT2D eigenvalue weighted by Crippen LogP contribution is 2.51. The highest BCUT2D eigenvalue weighted by molar-refractivity contribution is 7.99. The van der Waals surface area contributed by atoms with Crippen LogP contribution < -0.4 is 5.63 Å². The van der Waals surface area contributed by atoms with Crippen molar-refractivity contribution >= 4 is 22.7 Å². The molecule has 0 atom stereocenters. The first-order valence-corrected chi connectivity index (χ1v) is 10.7. The van der Waals surface area contributed by atoms with E-state index in [4.69, 9.17) is 4.42 Å². The van der Waals surface area contributed by atoms with Crippen LogP contribution >= 0.6 is 11.8 Å². The Kier molecular flexibility index (Phi) is 6.38. The van der Waals surface area contributed by atoms with Gasteiger partial charge < -0.3 is 9.52 Å². The molecule has 0 radical (unpaired) electrons. The van der Waals surface area contributed by atoms with E-state index in [0.29, 0.717) is 40.4 Å². The zero-order valence-electron chi connectivity index (χ0n) is 17.5. The molecule has 0 fully saturated rings. The molecular formula is C24H12F8O3S. The Hall–Kier alpha value is -3.38. The minimum atomic E-state index is -6.18. The highest BCUT2D eigenvalue weighted by atomic mass is 32.2. The molecule has 0 saturated carbocycles. The molecule has 0 amide bonds. The Morgan fingerprint density at radius 3 is 1.97 bits per heavy atom. The maximum Gasteiger partial charge on any atom is 0.430 e. The highest BCUT2D eigenvalue weighted by Gasteiger charge is 2.71. The first-order valence-electron chi connectivity index (χ1n) is 9.87. The van der Waals surface area contributed by atoms with Crippen LogP contribution in [0.5, 0.6) is 0 Å². The molecule has 12 heteroatoms. The summed E-state index contributed by atoms with van der Waals surface area (Å²) in [6.45, 7) is 0. The van der Waals surface area contributed by atoms with Gasteiger partial charge in [0.25, 0.3) is 5.60 Å². The van der Waals surface area contributed by atoms with Crippen LogP contribution in [0.2, 0.25) is 0 Å². The third-order valence-corrected chi connectivity index (χ3v) is 6.18. The van der Waals surface area contributed by atoms with Gasteiger partial charge in [0.05, 0.1) is 0 Å². The number of aliphatic hydroxyl groups is 1. The Morgan fingerprint density at radius 2 is 1.36 bits per heavy atom. The van der Waals surface area contributed by atoms with Crippen molar-refractivity contribution < 1.29 is 44.6 Å². The summed E-state index contributed by atoms with van der Waals surface area (Å²) in [7, 11) is 0. The van der Waals surface area contributed by atoms with E-state index in [1.165, 1.54) is 30.3 Å². The Labute approximate surface area is 201 Å². The standard InChI is InChI=1S/C24H12F8O3S/c25-14-3-1-12(2-4-14)18-11-21(33)35-20-6-5-16(10-19(18)20)36-17-8-13(7-15(26)9-17)22(34,23(27,28)29)24(30,31)32/h1-11,34H. The Balaban J connectivity index is 1.81. The van der Waals surface area contributed by atoms with Gasteiger partial charge in [0.15, 0.2) is 0 Å². The fourth-order valence-electron chi connectivity index (χ4n) is 3.53. The molecule has 36 heavy (non-hydrogen) atoms. The minimum absolute atomic E-state index is 0.0350. The van der Waals surface area contributed by atoms with Crippen LogP contribution in [0.3, 0.4) is 0 Å². The first kappa shape index (κ1) is 25.7. The van der Waals surface area contributed by atoms with E-state index in [1.54, 1.807) is 0 Å². The number of hydrogen-bond donors (Lipinski definition) is 1. The maximum absolute atomic E-state index is 14.1. The van der Waals surface area contributed by atoms with E-state index in [2.05, 4.69) is 0 Å². The molecular weight excluding hydrogens is 520 g/mol. The molecule has 0 aliphatic rings. The zero-order valence-corrected chi connectivity index (χ0v) is 18.4. The van der Waals surface area contributed by atoms with Crippen molar-refractivity contribution in [2.24, 2.45) is 0 Å². The van der Waals surface area contributed by atoms with Gasteiger partial charge in [0, 0.05) is 26.8 Å². The SMILES string of the molecule is O=c1cc(-c2ccc(F)cc2)c2cc(Sc3cc(F)cc(C(O)(C(F)(F)F)C(F)(F)F)c3)ccc2o1. The number of alkyl halides is 6. The van der Waals surface area contributed by atoms with E-state index in [9.17, 15) is 45.0 Å². The quantitative estimate of drug-likeness (QED) is 0.223. The summed E-state index contributed by atoms with van der Waals surface area (Å²) < 4.78 is 112. The smallest absolute Gasteiger partial charge is 0.423 e. The molecule has 0 unspecified atom stereocenters. The molecule has 0 aliphatic heterocycles. The second kappa shape index (κ2) is 8.93. The van der Waals surface area contributed by atoms with Crippen LogP contribution in [0.15, 0.2) is 85.7 Å². The Morgan fingerprint density at radius 1 is 0.722 bits per heavy atom. The summed E-state index contributed by atoms with van der Waals surface area (Å²) in [4.78, 5) is 11.8. The first-order chi connectivity index (χ1) is 16.7. The topological polar surface area (TPSA) is 50.4 Å². The largest absolute Gasteiger partial charge is 0.430 e. The number of fused-ring (bicyclic) bond motifs is 1. The lowest BCUT2D eigenvalue weighted by Gasteiger charge is -2.32. The predicted molar refractivity (Wildman–Crippen MR) is 114 cm³/mol. The van der Waals surface area contributed by atoms with E-state index in [1.807, 2.05) is 0 Å². The van der Waals surface area contributed by atoms with Gasteiger partial charge in [0.1, 0.15) is 17.2 Å². The van der Waals surface area contributed by atoms with Crippen LogP contribution in [0, 0.1) is 11.6 Å². The van der Waals surface area contributed by atoms with Gasteiger partial charge in [-0.1, -0.05) is 23.9 Å². The summed E-state index contributed by atoms with van der Waals surface area (Å²) in [5.41, 5.74) is -6.87. The van der Waals surface area contributed by atoms with Crippen molar-refractivity contribution in [3.63, 3.8) is 0 Å². The lowest BCUT2D eigenvalue weighted by atomic mass is 9.92. The third kappa shape index (κ3) is 4.70. The Bertz CT molecular complexity index is 1480. The molecule has 4 aromatic rings. The van der Waals surface area contributed by atoms with Crippen LogP contribution in [0.25, 0.3) is 22.1 Å². The number of rotatable bonds is 4. The second-order valence-electron chi connectivity index (χ2n) is 7.63. The number of halogens is 8. The van der Waals surface area contributed by atoms with Crippen LogP contribution in [-0.2, 0) is 5.60 Å². The van der Waals surface area contributed by atoms with Crippen molar-refractivity contribution in [3.8, 4) is 11.1 Å². The lowest BCUT2D eigenvalue weighted by Crippen LogP contribution is -2.54. The maximum atomic E-state index is 14.1. The van der Waals surface area contributed by atoms with Crippen molar-refractivity contribution in [3.05, 3.63) is 94.3 Å². The monoisotopic (exact) mass is 532 g/mol. The van der Waals surface area contributed by atoms with E-state index >= 15 is 0 Å². The summed E-state index contributed by atoms with van der Waals surface area (Å²) >= 11 is 0.613. The molecule has 1 aromatic heterocycles. The average Bonchev–Trinajstić information content (AvgIpc) is 2.77. The van der Waals surface area contributed by atoms with Gasteiger partial charge in [0.2, 0.25) is 0 Å². The van der Waals surface area contributed by atoms with Gasteiger partial charge >= 0.3 is 18.0 Å². The van der Waals surface area contributed by atoms with Crippen molar-refractivity contribution in [2.75, 3.05) is 0 Å². The minimum Gasteiger partial charge on any atom is -0.423 e. The van der Waals surface area contributed by atoms with Crippen LogP contribution in [0.1, 0.15) is 5.56 Å². The molecule has 0 saturated heterocycles. The van der Waals surface area contributed by atoms with Gasteiger partial charge in [-0.25, -0.2) is 13.6 Å². The molecule has 0 aliphatic carbocycles. The van der Waals surface area contributed by atoms with Crippen molar-refractivity contribution in [1.29, 1.82) is 0 Å². The molecule has 3 nitrogen and oxygen atoms in total. The van der Waals surface area contributed by atoms with Gasteiger partial charge in [-0.05, 0) is 59.7 Å². The van der Waals surface area contributed by atoms with Crippen LogP contribution in [-0.4, -0.2) is 17.5 Å². The van der Waals surface area contributed by atoms with Crippen molar-refractivity contribution in [2.45, 2.75) is 27.7 Å². The fraction of sp³-hybridized carbons (Fsp3) is 0.125. The number of hydrogen-bond acceptors (Lipinski definition) is 4. The van der Waals surface area contributed by atoms with E-state index < -0.39 is 40.8 Å². The average molecular weight is 532 g/mol. The van der Waals surface area contributed by atoms with E-state index in [-0.39, 0.29) is 21.4 Å². The molecule has 4 rings (SSSR count). The molecule has 1 heterocycles. The fourth-order valence-corrected chi connectivity index (χ4v) is 4.47. The zero-order chi connectivity index (χ0) is 26.5. The second-order valence-corrected chi connectivity index (χ2v) is 8.77. The van der Waals surface area contributed by atoms with Crippen LogP contribution in [0.4, 0.5) is 35.1 Å². The molecule has 1 N–H and O–H groups in total. The summed E-state index contributed by atoms with van der Waals surface area (Å²) in [5.74, 6) is -1.96. The lowest BCUT2D eigenvalue weighted by molar-refractivity contribution is -0.376. The van der Waals surface area contributed by atoms with Gasteiger partial charge in [-0.2, -0.15) is 26.3 Å². The summed E-state index contributed by atoms with van der Waals surface area (Å²) in [6, 6.07) is 11.4. The predicted octanol–water partition coefficient (Wildman–Crippen LogP) is 7.20. The number of benzene rings is 3. The molecule has 188 valence electrons. The summed E-state index contributed by atoms with van der Waals surface area (Å²) in [6.07, 6.45) is -12.4. The van der Waals surface area contributed by atoms with E-state index in [0.717, 1.165) is 18.2 Å². The van der Waals surface area contributed by atoms with Gasteiger partial charge in [-0.15, -0.1) is 0 Å². The third-order valence-electron chi connectivity index (χ3n) is 5.21. The van der Waals surface area contributed by atoms with Crippen molar-refractivity contribution in [1.82, 2.24) is 0 Å². The molecule has 0 spiro atoms.